The number of aromatic nitrogens is 4. The predicted molar refractivity (Wildman–Crippen MR) is 120 cm³/mol. The van der Waals surface area contributed by atoms with Crippen LogP contribution in [0, 0.1) is 6.92 Å². The number of hydrogen-bond donors (Lipinski definition) is 0. The van der Waals surface area contributed by atoms with Gasteiger partial charge in [0, 0.05) is 17.1 Å². The summed E-state index contributed by atoms with van der Waals surface area (Å²) in [5.74, 6) is -0.337. The van der Waals surface area contributed by atoms with E-state index in [4.69, 9.17) is 9.72 Å². The Labute approximate surface area is 179 Å². The van der Waals surface area contributed by atoms with Gasteiger partial charge in [-0.15, -0.1) is 0 Å². The molecule has 0 atom stereocenters. The number of benzene rings is 2. The molecule has 0 amide bonds. The number of fused-ring (bicyclic) bond motifs is 2. The van der Waals surface area contributed by atoms with Crippen molar-refractivity contribution in [3.63, 3.8) is 0 Å². The van der Waals surface area contributed by atoms with Crippen LogP contribution in [0.2, 0.25) is 0 Å². The first-order valence-corrected chi connectivity index (χ1v) is 9.97. The van der Waals surface area contributed by atoms with Gasteiger partial charge in [-0.2, -0.15) is 0 Å². The van der Waals surface area contributed by atoms with E-state index in [1.54, 1.807) is 12.3 Å². The molecule has 5 rings (SSSR count). The van der Waals surface area contributed by atoms with Gasteiger partial charge in [-0.3, -0.25) is 4.98 Å². The van der Waals surface area contributed by atoms with E-state index in [-0.39, 0.29) is 5.97 Å². The molecule has 3 heterocycles. The van der Waals surface area contributed by atoms with E-state index in [0.717, 1.165) is 44.5 Å². The number of aryl methyl sites for hydroxylation is 1. The Balaban J connectivity index is 1.51. The summed E-state index contributed by atoms with van der Waals surface area (Å²) in [7, 11) is 1.39. The van der Waals surface area contributed by atoms with Crippen molar-refractivity contribution in [2.24, 2.45) is 0 Å². The van der Waals surface area contributed by atoms with Crippen LogP contribution in [0.3, 0.4) is 0 Å². The van der Waals surface area contributed by atoms with Gasteiger partial charge in [0.15, 0.2) is 5.65 Å². The molecule has 3 aromatic heterocycles. The minimum Gasteiger partial charge on any atom is -0.465 e. The van der Waals surface area contributed by atoms with Gasteiger partial charge >= 0.3 is 5.97 Å². The van der Waals surface area contributed by atoms with E-state index in [0.29, 0.717) is 12.1 Å². The number of carbonyl (C=O) groups is 1. The summed E-state index contributed by atoms with van der Waals surface area (Å²) in [6, 6.07) is 19.8. The summed E-state index contributed by atoms with van der Waals surface area (Å²) in [6.07, 6.45) is 3.62. The molecule has 0 saturated heterocycles. The van der Waals surface area contributed by atoms with Gasteiger partial charge in [0.25, 0.3) is 0 Å². The fraction of sp³-hybridized carbons (Fsp3) is 0.120. The molecule has 0 saturated carbocycles. The van der Waals surface area contributed by atoms with Crippen molar-refractivity contribution >= 4 is 28.0 Å². The van der Waals surface area contributed by atoms with Crippen molar-refractivity contribution < 1.29 is 9.53 Å². The molecule has 0 N–H and O–H groups in total. The second-order valence-corrected chi connectivity index (χ2v) is 7.46. The molecule has 6 heteroatoms. The van der Waals surface area contributed by atoms with Gasteiger partial charge in [-0.25, -0.2) is 14.8 Å². The molecule has 5 aromatic rings. The molecule has 0 spiro atoms. The van der Waals surface area contributed by atoms with Crippen LogP contribution < -0.4 is 0 Å². The number of carbonyl (C=O) groups excluding carboxylic acids is 1. The molecule has 0 radical (unpaired) electrons. The van der Waals surface area contributed by atoms with E-state index >= 15 is 0 Å². The number of hydrogen-bond acceptors (Lipinski definition) is 5. The smallest absolute Gasteiger partial charge is 0.338 e. The van der Waals surface area contributed by atoms with Crippen molar-refractivity contribution in [1.82, 2.24) is 19.5 Å². The lowest BCUT2D eigenvalue weighted by Crippen LogP contribution is -2.04. The molecule has 0 fully saturated rings. The number of nitrogens with zero attached hydrogens (tertiary/aromatic N) is 4. The van der Waals surface area contributed by atoms with Crippen molar-refractivity contribution in [3.05, 3.63) is 89.9 Å². The first-order chi connectivity index (χ1) is 15.1. The topological polar surface area (TPSA) is 69.9 Å². The van der Waals surface area contributed by atoms with Gasteiger partial charge in [0.1, 0.15) is 5.52 Å². The largest absolute Gasteiger partial charge is 0.465 e. The second kappa shape index (κ2) is 7.65. The van der Waals surface area contributed by atoms with Crippen molar-refractivity contribution in [2.75, 3.05) is 7.11 Å². The number of esters is 1. The third-order valence-corrected chi connectivity index (χ3v) is 5.41. The molecule has 2 aromatic carbocycles. The van der Waals surface area contributed by atoms with Crippen LogP contribution in [0.4, 0.5) is 0 Å². The highest BCUT2D eigenvalue weighted by Crippen LogP contribution is 2.24. The van der Waals surface area contributed by atoms with Crippen molar-refractivity contribution in [1.29, 1.82) is 0 Å². The molecule has 0 unspecified atom stereocenters. The number of pyridine rings is 2. The van der Waals surface area contributed by atoms with Crippen LogP contribution in [-0.2, 0) is 11.3 Å². The van der Waals surface area contributed by atoms with Crippen LogP contribution in [0.5, 0.6) is 0 Å². The Morgan fingerprint density at radius 1 is 1.00 bits per heavy atom. The fourth-order valence-electron chi connectivity index (χ4n) is 3.80. The van der Waals surface area contributed by atoms with Crippen molar-refractivity contribution in [3.8, 4) is 11.3 Å². The average molecular weight is 408 g/mol. The maximum Gasteiger partial charge on any atom is 0.338 e. The van der Waals surface area contributed by atoms with Gasteiger partial charge in [0.2, 0.25) is 0 Å². The Bertz CT molecular complexity index is 1440. The number of methoxy groups -OCH3 is 1. The molecule has 0 aliphatic rings. The minimum atomic E-state index is -0.337. The van der Waals surface area contributed by atoms with Gasteiger partial charge in [-0.1, -0.05) is 18.2 Å². The van der Waals surface area contributed by atoms with E-state index in [9.17, 15) is 4.79 Å². The van der Waals surface area contributed by atoms with Crippen LogP contribution in [0.25, 0.3) is 33.3 Å². The highest BCUT2D eigenvalue weighted by atomic mass is 16.5. The predicted octanol–water partition coefficient (Wildman–Crippen LogP) is 4.79. The first-order valence-electron chi connectivity index (χ1n) is 9.97. The van der Waals surface area contributed by atoms with Gasteiger partial charge < -0.3 is 9.30 Å². The normalized spacial score (nSPS) is 11.2. The van der Waals surface area contributed by atoms with E-state index < -0.39 is 0 Å². The lowest BCUT2D eigenvalue weighted by molar-refractivity contribution is 0.0600. The molecule has 0 bridgehead atoms. The van der Waals surface area contributed by atoms with Crippen LogP contribution in [-0.4, -0.2) is 32.6 Å². The Hall–Kier alpha value is -4.06. The van der Waals surface area contributed by atoms with Crippen molar-refractivity contribution in [2.45, 2.75) is 13.5 Å². The van der Waals surface area contributed by atoms with Crippen LogP contribution in [0.15, 0.2) is 73.2 Å². The zero-order chi connectivity index (χ0) is 21.4. The average Bonchev–Trinajstić information content (AvgIpc) is 3.20. The van der Waals surface area contributed by atoms with E-state index in [1.807, 2.05) is 54.2 Å². The highest BCUT2D eigenvalue weighted by molar-refractivity contribution is 5.91. The monoisotopic (exact) mass is 408 g/mol. The second-order valence-electron chi connectivity index (χ2n) is 7.46. The number of rotatable bonds is 4. The third kappa shape index (κ3) is 3.53. The summed E-state index contributed by atoms with van der Waals surface area (Å²) in [5.41, 5.74) is 6.98. The Kier molecular flexibility index (Phi) is 4.67. The lowest BCUT2D eigenvalue weighted by Gasteiger charge is -2.09. The number of imidazole rings is 1. The molecule has 31 heavy (non-hydrogen) atoms. The zero-order valence-corrected chi connectivity index (χ0v) is 17.2. The summed E-state index contributed by atoms with van der Waals surface area (Å²) in [6.45, 7) is 2.56. The Morgan fingerprint density at radius 2 is 1.87 bits per heavy atom. The minimum absolute atomic E-state index is 0.337. The summed E-state index contributed by atoms with van der Waals surface area (Å²) < 4.78 is 6.89. The molecular formula is C25H20N4O2. The van der Waals surface area contributed by atoms with Gasteiger partial charge in [-0.05, 0) is 60.5 Å². The van der Waals surface area contributed by atoms with Crippen LogP contribution in [0.1, 0.15) is 21.5 Å². The standard InChI is InChI=1S/C25H20N4O2/c1-16-12-19(6-7-20(16)25(30)31-2)22-9-10-23-24(28-22)29(15-27-23)14-17-5-8-21-18(13-17)4-3-11-26-21/h3-13,15H,14H2,1-2H3. The lowest BCUT2D eigenvalue weighted by atomic mass is 10.0. The molecule has 0 aliphatic heterocycles. The third-order valence-electron chi connectivity index (χ3n) is 5.41. The Morgan fingerprint density at radius 3 is 2.71 bits per heavy atom. The van der Waals surface area contributed by atoms with E-state index in [1.165, 1.54) is 7.11 Å². The number of ether oxygens (including phenoxy) is 1. The van der Waals surface area contributed by atoms with E-state index in [2.05, 4.69) is 28.2 Å². The SMILES string of the molecule is COC(=O)c1ccc(-c2ccc3ncn(Cc4ccc5ncccc5c4)c3n2)cc1C. The first kappa shape index (κ1) is 18.9. The summed E-state index contributed by atoms with van der Waals surface area (Å²) in [4.78, 5) is 25.6. The molecular weight excluding hydrogens is 388 g/mol. The molecule has 6 nitrogen and oxygen atoms in total. The molecule has 0 aliphatic carbocycles. The summed E-state index contributed by atoms with van der Waals surface area (Å²) in [5, 5.41) is 1.11. The zero-order valence-electron chi connectivity index (χ0n) is 17.2. The van der Waals surface area contributed by atoms with Crippen LogP contribution >= 0.6 is 0 Å². The summed E-state index contributed by atoms with van der Waals surface area (Å²) >= 11 is 0. The molecule has 152 valence electrons. The highest BCUT2D eigenvalue weighted by Gasteiger charge is 2.12. The quantitative estimate of drug-likeness (QED) is 0.400. The maximum absolute atomic E-state index is 11.9. The maximum atomic E-state index is 11.9. The van der Waals surface area contributed by atoms with Gasteiger partial charge in [0.05, 0.1) is 36.8 Å². The fourth-order valence-corrected chi connectivity index (χ4v) is 3.80.